The fourth-order valence-electron chi connectivity index (χ4n) is 1.60. The first-order chi connectivity index (χ1) is 8.52. The van der Waals surface area contributed by atoms with Crippen molar-refractivity contribution in [2.45, 2.75) is 31.8 Å². The molecule has 0 amide bonds. The molecular weight excluding hydrogens is 300 g/mol. The number of halogens is 1. The van der Waals surface area contributed by atoms with Gasteiger partial charge in [0, 0.05) is 0 Å². The zero-order valence-electron chi connectivity index (χ0n) is 10.3. The molecule has 5 heteroatoms. The van der Waals surface area contributed by atoms with Gasteiger partial charge in [0.15, 0.2) is 11.5 Å². The van der Waals surface area contributed by atoms with E-state index in [0.29, 0.717) is 17.1 Å². The fourth-order valence-corrected chi connectivity index (χ4v) is 2.15. The predicted molar refractivity (Wildman–Crippen MR) is 70.4 cm³/mol. The molecule has 1 unspecified atom stereocenters. The first-order valence-electron chi connectivity index (χ1n) is 5.79. The highest BCUT2D eigenvalue weighted by Crippen LogP contribution is 2.41. The molecular formula is C13H15BrO4. The number of carbonyl (C=O) groups is 1. The predicted octanol–water partition coefficient (Wildman–Crippen LogP) is 3.19. The van der Waals surface area contributed by atoms with Crippen LogP contribution < -0.4 is 9.47 Å². The maximum absolute atomic E-state index is 11.0. The molecule has 0 bridgehead atoms. The highest BCUT2D eigenvalue weighted by atomic mass is 79.9. The molecule has 1 aromatic carbocycles. The van der Waals surface area contributed by atoms with Gasteiger partial charge in [-0.05, 0) is 53.4 Å². The van der Waals surface area contributed by atoms with E-state index in [-0.39, 0.29) is 6.10 Å². The first-order valence-corrected chi connectivity index (χ1v) is 6.59. The number of hydrogen-bond donors (Lipinski definition) is 1. The van der Waals surface area contributed by atoms with Crippen LogP contribution in [0.25, 0.3) is 0 Å². The van der Waals surface area contributed by atoms with Crippen LogP contribution in [-0.4, -0.2) is 24.3 Å². The molecule has 1 N–H and O–H groups in total. The summed E-state index contributed by atoms with van der Waals surface area (Å²) < 4.78 is 11.8. The Kier molecular flexibility index (Phi) is 3.80. The standard InChI is InChI=1S/C13H15BrO4/c1-7(13(15)16)8-5-10(14)12(11(6-8)17-2)18-9-3-4-9/h5-7,9H,3-4H2,1-2H3,(H,15,16). The van der Waals surface area contributed by atoms with Crippen LogP contribution in [0.4, 0.5) is 0 Å². The molecule has 4 nitrogen and oxygen atoms in total. The lowest BCUT2D eigenvalue weighted by Crippen LogP contribution is -2.08. The Morgan fingerprint density at radius 1 is 1.50 bits per heavy atom. The quantitative estimate of drug-likeness (QED) is 0.906. The van der Waals surface area contributed by atoms with Gasteiger partial charge in [-0.15, -0.1) is 0 Å². The van der Waals surface area contributed by atoms with E-state index in [1.807, 2.05) is 0 Å². The normalized spacial score (nSPS) is 16.2. The summed E-state index contributed by atoms with van der Waals surface area (Å²) in [4.78, 5) is 11.0. The SMILES string of the molecule is COc1cc(C(C)C(=O)O)cc(Br)c1OC1CC1. The van der Waals surface area contributed by atoms with E-state index in [9.17, 15) is 4.79 Å². The third-order valence-corrected chi connectivity index (χ3v) is 3.52. The smallest absolute Gasteiger partial charge is 0.310 e. The third-order valence-electron chi connectivity index (χ3n) is 2.93. The maximum atomic E-state index is 11.0. The molecule has 0 radical (unpaired) electrons. The Bertz CT molecular complexity index is 468. The summed E-state index contributed by atoms with van der Waals surface area (Å²) in [6.07, 6.45) is 2.38. The minimum Gasteiger partial charge on any atom is -0.493 e. The van der Waals surface area contributed by atoms with Crippen molar-refractivity contribution >= 4 is 21.9 Å². The molecule has 0 aliphatic heterocycles. The molecule has 1 fully saturated rings. The van der Waals surface area contributed by atoms with Gasteiger partial charge in [0.1, 0.15) is 0 Å². The van der Waals surface area contributed by atoms with Crippen molar-refractivity contribution < 1.29 is 19.4 Å². The summed E-state index contributed by atoms with van der Waals surface area (Å²) in [5, 5.41) is 9.03. The highest BCUT2D eigenvalue weighted by molar-refractivity contribution is 9.10. The van der Waals surface area contributed by atoms with Gasteiger partial charge in [-0.3, -0.25) is 4.79 Å². The van der Waals surface area contributed by atoms with Crippen LogP contribution in [0.2, 0.25) is 0 Å². The molecule has 1 atom stereocenters. The second kappa shape index (κ2) is 5.18. The van der Waals surface area contributed by atoms with Crippen molar-refractivity contribution in [3.63, 3.8) is 0 Å². The molecule has 98 valence electrons. The number of aliphatic carboxylic acids is 1. The first kappa shape index (κ1) is 13.2. The van der Waals surface area contributed by atoms with Crippen molar-refractivity contribution in [2.24, 2.45) is 0 Å². The van der Waals surface area contributed by atoms with Crippen LogP contribution in [-0.2, 0) is 4.79 Å². The topological polar surface area (TPSA) is 55.8 Å². The molecule has 0 heterocycles. The second-order valence-electron chi connectivity index (χ2n) is 4.41. The van der Waals surface area contributed by atoms with Gasteiger partial charge in [0.2, 0.25) is 0 Å². The molecule has 2 rings (SSSR count). The minimum absolute atomic E-state index is 0.262. The van der Waals surface area contributed by atoms with Crippen LogP contribution in [0.5, 0.6) is 11.5 Å². The number of carboxylic acid groups (broad SMARTS) is 1. The number of carboxylic acids is 1. The van der Waals surface area contributed by atoms with E-state index in [4.69, 9.17) is 14.6 Å². The summed E-state index contributed by atoms with van der Waals surface area (Å²) >= 11 is 3.41. The second-order valence-corrected chi connectivity index (χ2v) is 5.27. The van der Waals surface area contributed by atoms with E-state index < -0.39 is 11.9 Å². The fraction of sp³-hybridized carbons (Fsp3) is 0.462. The lowest BCUT2D eigenvalue weighted by Gasteiger charge is -2.15. The monoisotopic (exact) mass is 314 g/mol. The van der Waals surface area contributed by atoms with Crippen molar-refractivity contribution in [3.8, 4) is 11.5 Å². The average Bonchev–Trinajstić information content (AvgIpc) is 3.14. The van der Waals surface area contributed by atoms with Crippen molar-refractivity contribution in [1.29, 1.82) is 0 Å². The van der Waals surface area contributed by atoms with Gasteiger partial charge in [-0.2, -0.15) is 0 Å². The van der Waals surface area contributed by atoms with E-state index in [2.05, 4.69) is 15.9 Å². The van der Waals surface area contributed by atoms with Gasteiger partial charge in [0.05, 0.1) is 23.6 Å². The Morgan fingerprint density at radius 2 is 2.17 bits per heavy atom. The number of benzene rings is 1. The van der Waals surface area contributed by atoms with Gasteiger partial charge >= 0.3 is 5.97 Å². The molecule has 18 heavy (non-hydrogen) atoms. The van der Waals surface area contributed by atoms with Gasteiger partial charge < -0.3 is 14.6 Å². The van der Waals surface area contributed by atoms with Crippen molar-refractivity contribution in [3.05, 3.63) is 22.2 Å². The molecule has 1 aliphatic rings. The number of hydrogen-bond acceptors (Lipinski definition) is 3. The summed E-state index contributed by atoms with van der Waals surface area (Å²) in [6.45, 7) is 1.64. The van der Waals surface area contributed by atoms with E-state index in [0.717, 1.165) is 17.3 Å². The van der Waals surface area contributed by atoms with Gasteiger partial charge in [-0.1, -0.05) is 0 Å². The average molecular weight is 315 g/mol. The lowest BCUT2D eigenvalue weighted by atomic mass is 10.0. The largest absolute Gasteiger partial charge is 0.493 e. The number of rotatable bonds is 5. The third kappa shape index (κ3) is 2.77. The van der Waals surface area contributed by atoms with Crippen LogP contribution >= 0.6 is 15.9 Å². The highest BCUT2D eigenvalue weighted by Gasteiger charge is 2.27. The summed E-state index contributed by atoms with van der Waals surface area (Å²) in [7, 11) is 1.55. The van der Waals surface area contributed by atoms with Gasteiger partial charge in [0.25, 0.3) is 0 Å². The summed E-state index contributed by atoms with van der Waals surface area (Å²) in [6, 6.07) is 3.50. The molecule has 1 aliphatic carbocycles. The Morgan fingerprint density at radius 3 is 2.67 bits per heavy atom. The molecule has 0 aromatic heterocycles. The van der Waals surface area contributed by atoms with Crippen molar-refractivity contribution in [1.82, 2.24) is 0 Å². The van der Waals surface area contributed by atoms with E-state index in [1.54, 1.807) is 26.2 Å². The van der Waals surface area contributed by atoms with Crippen molar-refractivity contribution in [2.75, 3.05) is 7.11 Å². The van der Waals surface area contributed by atoms with Crippen LogP contribution in [0, 0.1) is 0 Å². The Labute approximate surface area is 114 Å². The van der Waals surface area contributed by atoms with E-state index in [1.165, 1.54) is 0 Å². The zero-order chi connectivity index (χ0) is 13.3. The number of ether oxygens (including phenoxy) is 2. The lowest BCUT2D eigenvalue weighted by molar-refractivity contribution is -0.138. The summed E-state index contributed by atoms with van der Waals surface area (Å²) in [5.41, 5.74) is 0.689. The Balaban J connectivity index is 2.35. The Hall–Kier alpha value is -1.23. The zero-order valence-corrected chi connectivity index (χ0v) is 11.9. The number of methoxy groups -OCH3 is 1. The van der Waals surface area contributed by atoms with Gasteiger partial charge in [-0.25, -0.2) is 0 Å². The summed E-state index contributed by atoms with van der Waals surface area (Å²) in [5.74, 6) is -0.217. The maximum Gasteiger partial charge on any atom is 0.310 e. The molecule has 0 saturated heterocycles. The molecule has 0 spiro atoms. The van der Waals surface area contributed by atoms with Crippen LogP contribution in [0.3, 0.4) is 0 Å². The molecule has 1 aromatic rings. The minimum atomic E-state index is -0.861. The van der Waals surface area contributed by atoms with Crippen LogP contribution in [0.1, 0.15) is 31.2 Å². The molecule has 1 saturated carbocycles. The van der Waals surface area contributed by atoms with Crippen LogP contribution in [0.15, 0.2) is 16.6 Å². The van der Waals surface area contributed by atoms with E-state index >= 15 is 0 Å².